The Hall–Kier alpha value is -1.56. The van der Waals surface area contributed by atoms with Gasteiger partial charge in [-0.25, -0.2) is 0 Å². The highest BCUT2D eigenvalue weighted by Gasteiger charge is 2.10. The van der Waals surface area contributed by atoms with Crippen molar-refractivity contribution >= 4 is 23.4 Å². The Kier molecular flexibility index (Phi) is 3.63. The molecule has 2 aromatic rings. The lowest BCUT2D eigenvalue weighted by Gasteiger charge is -2.07. The van der Waals surface area contributed by atoms with Crippen LogP contribution in [0.15, 0.2) is 36.4 Å². The van der Waals surface area contributed by atoms with Crippen molar-refractivity contribution in [3.8, 4) is 5.75 Å². The predicted molar refractivity (Wildman–Crippen MR) is 66.3 cm³/mol. The summed E-state index contributed by atoms with van der Waals surface area (Å²) in [7, 11) is 0.125. The van der Waals surface area contributed by atoms with Gasteiger partial charge in [0.25, 0.3) is 0 Å². The van der Waals surface area contributed by atoms with Crippen molar-refractivity contribution in [1.82, 2.24) is 0 Å². The third-order valence-corrected chi connectivity index (χ3v) is 2.48. The fourth-order valence-electron chi connectivity index (χ4n) is 1.62. The standard InChI is InChI=1S/C12H13BO4/c1-16-8-17-12-5-3-9-6-11(13(14)15)4-2-10(9)7-12/h2-7,14-15H,8H2,1H3. The molecule has 4 nitrogen and oxygen atoms in total. The Bertz CT molecular complexity index is 513. The van der Waals surface area contributed by atoms with Crippen molar-refractivity contribution in [2.24, 2.45) is 0 Å². The molecular weight excluding hydrogens is 219 g/mol. The second-order valence-electron chi connectivity index (χ2n) is 3.69. The summed E-state index contributed by atoms with van der Waals surface area (Å²) in [4.78, 5) is 0. The molecule has 0 saturated heterocycles. The van der Waals surface area contributed by atoms with Crippen LogP contribution in [0.1, 0.15) is 0 Å². The van der Waals surface area contributed by atoms with E-state index in [9.17, 15) is 0 Å². The van der Waals surface area contributed by atoms with Crippen LogP contribution in [0.3, 0.4) is 0 Å². The summed E-state index contributed by atoms with van der Waals surface area (Å²) in [6.07, 6.45) is 0. The van der Waals surface area contributed by atoms with E-state index in [1.54, 1.807) is 19.2 Å². The molecule has 0 radical (unpaired) electrons. The van der Waals surface area contributed by atoms with Gasteiger partial charge in [0.1, 0.15) is 5.75 Å². The highest BCUT2D eigenvalue weighted by Crippen LogP contribution is 2.20. The van der Waals surface area contributed by atoms with Gasteiger partial charge >= 0.3 is 7.12 Å². The highest BCUT2D eigenvalue weighted by atomic mass is 16.7. The Morgan fingerprint density at radius 3 is 2.47 bits per heavy atom. The van der Waals surface area contributed by atoms with Gasteiger partial charge in [-0.05, 0) is 28.4 Å². The van der Waals surface area contributed by atoms with Gasteiger partial charge in [-0.3, -0.25) is 0 Å². The molecule has 2 rings (SSSR count). The molecule has 5 heteroatoms. The van der Waals surface area contributed by atoms with Gasteiger partial charge in [0.2, 0.25) is 0 Å². The molecule has 0 aromatic heterocycles. The van der Waals surface area contributed by atoms with Crippen LogP contribution < -0.4 is 10.2 Å². The largest absolute Gasteiger partial charge is 0.488 e. The number of rotatable bonds is 4. The summed E-state index contributed by atoms with van der Waals surface area (Å²) in [5.74, 6) is 0.719. The smallest absolute Gasteiger partial charge is 0.468 e. The molecule has 0 saturated carbocycles. The zero-order valence-corrected chi connectivity index (χ0v) is 9.46. The fourth-order valence-corrected chi connectivity index (χ4v) is 1.62. The van der Waals surface area contributed by atoms with Gasteiger partial charge in [0.05, 0.1) is 0 Å². The molecular formula is C12H13BO4. The summed E-state index contributed by atoms with van der Waals surface area (Å²) in [6, 6.07) is 10.8. The van der Waals surface area contributed by atoms with Crippen LogP contribution in [0.5, 0.6) is 5.75 Å². The van der Waals surface area contributed by atoms with Crippen molar-refractivity contribution in [3.63, 3.8) is 0 Å². The highest BCUT2D eigenvalue weighted by molar-refractivity contribution is 6.58. The maximum Gasteiger partial charge on any atom is 0.488 e. The Morgan fingerprint density at radius 1 is 1.06 bits per heavy atom. The molecule has 0 fully saturated rings. The Balaban J connectivity index is 2.33. The second kappa shape index (κ2) is 5.18. The molecule has 0 atom stereocenters. The second-order valence-corrected chi connectivity index (χ2v) is 3.69. The lowest BCUT2D eigenvalue weighted by molar-refractivity contribution is 0.0512. The first-order valence-electron chi connectivity index (χ1n) is 5.22. The van der Waals surface area contributed by atoms with Crippen LogP contribution in [0.25, 0.3) is 10.8 Å². The topological polar surface area (TPSA) is 58.9 Å². The molecule has 0 spiro atoms. The first kappa shape index (κ1) is 11.9. The lowest BCUT2D eigenvalue weighted by atomic mass is 9.79. The van der Waals surface area contributed by atoms with E-state index in [1.807, 2.05) is 24.3 Å². The number of ether oxygens (including phenoxy) is 2. The van der Waals surface area contributed by atoms with Gasteiger partial charge in [-0.15, -0.1) is 0 Å². The number of fused-ring (bicyclic) bond motifs is 1. The summed E-state index contributed by atoms with van der Waals surface area (Å²) < 4.78 is 10.1. The molecule has 0 unspecified atom stereocenters. The molecule has 88 valence electrons. The maximum atomic E-state index is 9.07. The third-order valence-electron chi connectivity index (χ3n) is 2.48. The number of hydrogen-bond acceptors (Lipinski definition) is 4. The monoisotopic (exact) mass is 232 g/mol. The minimum atomic E-state index is -1.44. The van der Waals surface area contributed by atoms with Gasteiger partial charge in [0, 0.05) is 7.11 Å². The van der Waals surface area contributed by atoms with Crippen LogP contribution in [-0.4, -0.2) is 31.1 Å². The molecule has 17 heavy (non-hydrogen) atoms. The molecule has 0 aliphatic carbocycles. The van der Waals surface area contributed by atoms with E-state index in [0.29, 0.717) is 5.46 Å². The van der Waals surface area contributed by atoms with Gasteiger partial charge < -0.3 is 19.5 Å². The lowest BCUT2D eigenvalue weighted by Crippen LogP contribution is -2.29. The van der Waals surface area contributed by atoms with Crippen LogP contribution in [0.2, 0.25) is 0 Å². The van der Waals surface area contributed by atoms with Crippen LogP contribution in [0.4, 0.5) is 0 Å². The summed E-state index contributed by atoms with van der Waals surface area (Å²) in [5, 5.41) is 20.0. The summed E-state index contributed by atoms with van der Waals surface area (Å²) in [5.41, 5.74) is 0.475. The van der Waals surface area contributed by atoms with Crippen LogP contribution >= 0.6 is 0 Å². The molecule has 2 N–H and O–H groups in total. The fraction of sp³-hybridized carbons (Fsp3) is 0.167. The molecule has 0 aliphatic heterocycles. The van der Waals surface area contributed by atoms with E-state index in [-0.39, 0.29) is 6.79 Å². The normalized spacial score (nSPS) is 10.5. The molecule has 0 amide bonds. The zero-order valence-electron chi connectivity index (χ0n) is 9.46. The zero-order chi connectivity index (χ0) is 12.3. The molecule has 0 heterocycles. The van der Waals surface area contributed by atoms with E-state index in [1.165, 1.54) is 0 Å². The average molecular weight is 232 g/mol. The number of hydrogen-bond donors (Lipinski definition) is 2. The van der Waals surface area contributed by atoms with E-state index >= 15 is 0 Å². The van der Waals surface area contributed by atoms with E-state index < -0.39 is 7.12 Å². The first-order valence-corrected chi connectivity index (χ1v) is 5.22. The van der Waals surface area contributed by atoms with Crippen molar-refractivity contribution < 1.29 is 19.5 Å². The first-order chi connectivity index (χ1) is 8.20. The van der Waals surface area contributed by atoms with E-state index in [2.05, 4.69) is 0 Å². The number of benzene rings is 2. The van der Waals surface area contributed by atoms with Crippen molar-refractivity contribution in [1.29, 1.82) is 0 Å². The third kappa shape index (κ3) is 2.76. The van der Waals surface area contributed by atoms with Gasteiger partial charge in [0.15, 0.2) is 6.79 Å². The SMILES string of the molecule is COCOc1ccc2cc(B(O)O)ccc2c1. The van der Waals surface area contributed by atoms with Crippen molar-refractivity contribution in [2.75, 3.05) is 13.9 Å². The summed E-state index contributed by atoms with van der Waals surface area (Å²) >= 11 is 0. The van der Waals surface area contributed by atoms with Crippen LogP contribution in [-0.2, 0) is 4.74 Å². The van der Waals surface area contributed by atoms with E-state index in [0.717, 1.165) is 16.5 Å². The van der Waals surface area contributed by atoms with Crippen molar-refractivity contribution in [3.05, 3.63) is 36.4 Å². The van der Waals surface area contributed by atoms with Crippen LogP contribution in [0, 0.1) is 0 Å². The molecule has 0 aliphatic rings. The van der Waals surface area contributed by atoms with Gasteiger partial charge in [-0.2, -0.15) is 0 Å². The predicted octanol–water partition coefficient (Wildman–Crippen LogP) is 0.502. The van der Waals surface area contributed by atoms with Crippen molar-refractivity contribution in [2.45, 2.75) is 0 Å². The quantitative estimate of drug-likeness (QED) is 0.595. The van der Waals surface area contributed by atoms with E-state index in [4.69, 9.17) is 19.5 Å². The Labute approximate surface area is 99.6 Å². The molecule has 0 bridgehead atoms. The van der Waals surface area contributed by atoms with Gasteiger partial charge in [-0.1, -0.05) is 24.3 Å². The molecule has 2 aromatic carbocycles. The summed E-state index contributed by atoms with van der Waals surface area (Å²) in [6.45, 7) is 0.207. The minimum absolute atomic E-state index is 0.207. The minimum Gasteiger partial charge on any atom is -0.468 e. The average Bonchev–Trinajstić information content (AvgIpc) is 2.35. The Morgan fingerprint density at radius 2 is 1.76 bits per heavy atom. The number of methoxy groups -OCH3 is 1. The maximum absolute atomic E-state index is 9.07.